The Morgan fingerprint density at radius 3 is 2.69 bits per heavy atom. The third-order valence-corrected chi connectivity index (χ3v) is 4.44. The lowest BCUT2D eigenvalue weighted by molar-refractivity contribution is 0.0389. The van der Waals surface area contributed by atoms with Crippen molar-refractivity contribution < 1.29 is 9.47 Å². The Hall–Kier alpha value is -1.92. The second kappa shape index (κ2) is 12.6. The number of hydrogen-bond acceptors (Lipinski definition) is 6. The molecule has 0 spiro atoms. The van der Waals surface area contributed by atoms with Crippen LogP contribution in [0.1, 0.15) is 12.7 Å². The summed E-state index contributed by atoms with van der Waals surface area (Å²) >= 11 is 0. The van der Waals surface area contributed by atoms with Crippen molar-refractivity contribution in [3.8, 4) is 17.1 Å². The smallest absolute Gasteiger partial charge is 0.191 e. The molecule has 0 unspecified atom stereocenters. The van der Waals surface area contributed by atoms with Crippen molar-refractivity contribution in [1.29, 1.82) is 0 Å². The first kappa shape index (κ1) is 23.4. The molecule has 29 heavy (non-hydrogen) atoms. The molecule has 1 aliphatic rings. The van der Waals surface area contributed by atoms with E-state index in [1.54, 1.807) is 7.11 Å². The van der Waals surface area contributed by atoms with Crippen LogP contribution >= 0.6 is 24.0 Å². The van der Waals surface area contributed by atoms with Gasteiger partial charge >= 0.3 is 0 Å². The van der Waals surface area contributed by atoms with E-state index in [-0.39, 0.29) is 24.0 Å². The number of aliphatic imine (C=N–C) groups is 1. The molecule has 2 heterocycles. The van der Waals surface area contributed by atoms with Crippen LogP contribution in [0.5, 0.6) is 5.75 Å². The molecule has 10 heteroatoms. The number of methoxy groups -OCH3 is 1. The fraction of sp³-hybridized carbons (Fsp3) is 0.526. The Balaban J connectivity index is 0.00000300. The van der Waals surface area contributed by atoms with E-state index >= 15 is 0 Å². The summed E-state index contributed by atoms with van der Waals surface area (Å²) in [6.07, 6.45) is 0. The topological polar surface area (TPSA) is 99.7 Å². The van der Waals surface area contributed by atoms with Crippen LogP contribution < -0.4 is 15.4 Å². The van der Waals surface area contributed by atoms with E-state index in [1.165, 1.54) is 0 Å². The maximum Gasteiger partial charge on any atom is 0.191 e. The minimum atomic E-state index is 0. The van der Waals surface area contributed by atoms with Crippen LogP contribution in [-0.4, -0.2) is 79.1 Å². The normalized spacial score (nSPS) is 14.9. The SMILES string of the molecule is CCNC(=NCc1nc(-c2ccc(OC)cc2)n[nH]1)NCCN1CCOCC1.I. The highest BCUT2D eigenvalue weighted by molar-refractivity contribution is 14.0. The highest BCUT2D eigenvalue weighted by Crippen LogP contribution is 2.18. The maximum atomic E-state index is 5.38. The van der Waals surface area contributed by atoms with Crippen LogP contribution in [0.25, 0.3) is 11.4 Å². The first-order valence-corrected chi connectivity index (χ1v) is 9.66. The summed E-state index contributed by atoms with van der Waals surface area (Å²) in [5.74, 6) is 2.95. The number of aromatic nitrogens is 3. The molecule has 3 N–H and O–H groups in total. The van der Waals surface area contributed by atoms with Gasteiger partial charge in [-0.2, -0.15) is 5.10 Å². The zero-order chi connectivity index (χ0) is 19.6. The van der Waals surface area contributed by atoms with Crippen LogP contribution in [0.2, 0.25) is 0 Å². The lowest BCUT2D eigenvalue weighted by atomic mass is 10.2. The molecule has 0 saturated carbocycles. The van der Waals surface area contributed by atoms with Gasteiger partial charge in [0.1, 0.15) is 18.1 Å². The van der Waals surface area contributed by atoms with Crippen LogP contribution in [0.15, 0.2) is 29.3 Å². The Morgan fingerprint density at radius 1 is 1.24 bits per heavy atom. The van der Waals surface area contributed by atoms with Gasteiger partial charge in [0.15, 0.2) is 11.8 Å². The van der Waals surface area contributed by atoms with Crippen molar-refractivity contribution in [1.82, 2.24) is 30.7 Å². The summed E-state index contributed by atoms with van der Waals surface area (Å²) < 4.78 is 10.6. The van der Waals surface area contributed by atoms with E-state index < -0.39 is 0 Å². The molecule has 0 aliphatic carbocycles. The van der Waals surface area contributed by atoms with Gasteiger partial charge in [-0.15, -0.1) is 24.0 Å². The second-order valence-corrected chi connectivity index (χ2v) is 6.41. The number of nitrogens with zero attached hydrogens (tertiary/aromatic N) is 4. The molecule has 0 radical (unpaired) electrons. The third-order valence-electron chi connectivity index (χ3n) is 4.44. The first-order valence-electron chi connectivity index (χ1n) is 9.66. The van der Waals surface area contributed by atoms with Gasteiger partial charge in [-0.3, -0.25) is 10.00 Å². The number of aromatic amines is 1. The Kier molecular flexibility index (Phi) is 10.2. The van der Waals surface area contributed by atoms with Gasteiger partial charge in [-0.1, -0.05) is 0 Å². The monoisotopic (exact) mass is 515 g/mol. The molecule has 0 bridgehead atoms. The molecule has 1 saturated heterocycles. The molecule has 1 aromatic carbocycles. The molecule has 0 amide bonds. The number of ether oxygens (including phenoxy) is 2. The van der Waals surface area contributed by atoms with Crippen molar-refractivity contribution in [2.75, 3.05) is 53.0 Å². The van der Waals surface area contributed by atoms with Crippen molar-refractivity contribution >= 4 is 29.9 Å². The average Bonchev–Trinajstić information content (AvgIpc) is 3.22. The van der Waals surface area contributed by atoms with Crippen LogP contribution in [0.3, 0.4) is 0 Å². The van der Waals surface area contributed by atoms with Gasteiger partial charge in [-0.25, -0.2) is 9.98 Å². The summed E-state index contributed by atoms with van der Waals surface area (Å²) in [7, 11) is 1.65. The Morgan fingerprint density at radius 2 is 2.00 bits per heavy atom. The van der Waals surface area contributed by atoms with Gasteiger partial charge in [0.2, 0.25) is 0 Å². The number of benzene rings is 1. The van der Waals surface area contributed by atoms with E-state index in [0.717, 1.165) is 69.0 Å². The van der Waals surface area contributed by atoms with Crippen LogP contribution in [-0.2, 0) is 11.3 Å². The van der Waals surface area contributed by atoms with E-state index in [0.29, 0.717) is 12.4 Å². The van der Waals surface area contributed by atoms with Gasteiger partial charge in [-0.05, 0) is 31.2 Å². The minimum Gasteiger partial charge on any atom is -0.497 e. The van der Waals surface area contributed by atoms with E-state index in [1.807, 2.05) is 24.3 Å². The summed E-state index contributed by atoms with van der Waals surface area (Å²) in [4.78, 5) is 11.5. The number of H-pyrrole nitrogens is 1. The predicted octanol–water partition coefficient (Wildman–Crippen LogP) is 1.49. The highest BCUT2D eigenvalue weighted by Gasteiger charge is 2.10. The number of hydrogen-bond donors (Lipinski definition) is 3. The quantitative estimate of drug-likeness (QED) is 0.278. The predicted molar refractivity (Wildman–Crippen MR) is 124 cm³/mol. The van der Waals surface area contributed by atoms with Crippen molar-refractivity contribution in [2.24, 2.45) is 4.99 Å². The van der Waals surface area contributed by atoms with E-state index in [4.69, 9.17) is 9.47 Å². The number of rotatable bonds is 8. The highest BCUT2D eigenvalue weighted by atomic mass is 127. The van der Waals surface area contributed by atoms with Crippen molar-refractivity contribution in [2.45, 2.75) is 13.5 Å². The fourth-order valence-electron chi connectivity index (χ4n) is 2.89. The Bertz CT molecular complexity index is 745. The first-order chi connectivity index (χ1) is 13.8. The maximum absolute atomic E-state index is 5.38. The molecule has 1 aliphatic heterocycles. The molecular weight excluding hydrogens is 485 g/mol. The van der Waals surface area contributed by atoms with Crippen molar-refractivity contribution in [3.63, 3.8) is 0 Å². The van der Waals surface area contributed by atoms with Gasteiger partial charge in [0.25, 0.3) is 0 Å². The molecule has 1 fully saturated rings. The van der Waals surface area contributed by atoms with Gasteiger partial charge < -0.3 is 20.1 Å². The third kappa shape index (κ3) is 7.44. The zero-order valence-corrected chi connectivity index (χ0v) is 19.3. The fourth-order valence-corrected chi connectivity index (χ4v) is 2.89. The molecular formula is C19H30IN7O2. The Labute approximate surface area is 188 Å². The molecule has 9 nitrogen and oxygen atoms in total. The average molecular weight is 515 g/mol. The number of morpholine rings is 1. The van der Waals surface area contributed by atoms with Gasteiger partial charge in [0, 0.05) is 38.3 Å². The number of guanidine groups is 1. The van der Waals surface area contributed by atoms with E-state index in [2.05, 4.69) is 42.6 Å². The summed E-state index contributed by atoms with van der Waals surface area (Å²) in [5.41, 5.74) is 0.933. The number of halogens is 1. The summed E-state index contributed by atoms with van der Waals surface area (Å²) in [6, 6.07) is 7.66. The lowest BCUT2D eigenvalue weighted by Gasteiger charge is -2.26. The molecule has 1 aromatic heterocycles. The minimum absolute atomic E-state index is 0. The number of nitrogens with one attached hydrogen (secondary N) is 3. The summed E-state index contributed by atoms with van der Waals surface area (Å²) in [5, 5.41) is 13.9. The molecule has 0 atom stereocenters. The zero-order valence-electron chi connectivity index (χ0n) is 17.0. The van der Waals surface area contributed by atoms with Crippen molar-refractivity contribution in [3.05, 3.63) is 30.1 Å². The second-order valence-electron chi connectivity index (χ2n) is 6.41. The largest absolute Gasteiger partial charge is 0.497 e. The van der Waals surface area contributed by atoms with E-state index in [9.17, 15) is 0 Å². The molecule has 3 rings (SSSR count). The summed E-state index contributed by atoms with van der Waals surface area (Å²) in [6.45, 7) is 8.69. The van der Waals surface area contributed by atoms with Crippen LogP contribution in [0, 0.1) is 0 Å². The van der Waals surface area contributed by atoms with Crippen LogP contribution in [0.4, 0.5) is 0 Å². The molecule has 2 aromatic rings. The van der Waals surface area contributed by atoms with Gasteiger partial charge in [0.05, 0.1) is 20.3 Å². The standard InChI is InChI=1S/C19H29N7O2.HI/c1-3-20-19(21-8-9-26-10-12-28-13-11-26)22-14-17-23-18(25-24-17)15-4-6-16(27-2)7-5-15;/h4-7H,3,8-14H2,1-2H3,(H2,20,21,22)(H,23,24,25);1H. The molecule has 160 valence electrons. The lowest BCUT2D eigenvalue weighted by Crippen LogP contribution is -2.44.